The molecule has 0 aromatic heterocycles. The second-order valence-electron chi connectivity index (χ2n) is 5.99. The Kier molecular flexibility index (Phi) is 3.84. The zero-order chi connectivity index (χ0) is 18.3. The minimum absolute atomic E-state index is 0.266. The molecule has 3 rings (SSSR count). The molecule has 1 N–H and O–H groups in total. The molecule has 1 saturated heterocycles. The van der Waals surface area contributed by atoms with Gasteiger partial charge >= 0.3 is 25.8 Å². The Morgan fingerprint density at radius 1 is 1.17 bits per heavy atom. The monoisotopic (exact) mass is 415 g/mol. The minimum Gasteiger partial charge on any atom is -0.263 e. The van der Waals surface area contributed by atoms with E-state index in [1.165, 1.54) is 0 Å². The summed E-state index contributed by atoms with van der Waals surface area (Å²) >= 11 is 0. The Morgan fingerprint density at radius 3 is 2.29 bits per heavy atom. The van der Waals surface area contributed by atoms with Crippen LogP contribution in [-0.4, -0.2) is 48.2 Å². The number of sulfonamides is 1. The summed E-state index contributed by atoms with van der Waals surface area (Å²) in [7, 11) is -15.4. The van der Waals surface area contributed by atoms with Gasteiger partial charge in [0, 0.05) is 5.92 Å². The fraction of sp³-hybridized carbons (Fsp3) is 1.00. The SMILES string of the molecule is CC1C2CC3C(OS(=O)(=O)C13)C2OS(=O)(=O)NS(=O)(=O)C(F)(F)F. The molecule has 140 valence electrons. The van der Waals surface area contributed by atoms with Crippen LogP contribution in [0.5, 0.6) is 0 Å². The number of rotatable bonds is 4. The van der Waals surface area contributed by atoms with Crippen LogP contribution in [0.1, 0.15) is 13.3 Å². The molecule has 0 aromatic rings. The van der Waals surface area contributed by atoms with Crippen molar-refractivity contribution in [2.45, 2.75) is 36.3 Å². The molecule has 6 atom stereocenters. The molecular weight excluding hydrogens is 403 g/mol. The van der Waals surface area contributed by atoms with E-state index in [0.29, 0.717) is 4.13 Å². The molecule has 3 fully saturated rings. The van der Waals surface area contributed by atoms with Gasteiger partial charge in [-0.3, -0.25) is 8.37 Å². The molecule has 15 heteroatoms. The van der Waals surface area contributed by atoms with Gasteiger partial charge < -0.3 is 0 Å². The summed E-state index contributed by atoms with van der Waals surface area (Å²) in [5.74, 6) is -1.65. The van der Waals surface area contributed by atoms with Crippen LogP contribution in [0.3, 0.4) is 0 Å². The average molecular weight is 415 g/mol. The summed E-state index contributed by atoms with van der Waals surface area (Å²) in [4.78, 5) is 0. The molecule has 6 unspecified atom stereocenters. The first-order valence-electron chi connectivity index (χ1n) is 6.61. The number of fused-ring (bicyclic) bond motifs is 1. The lowest BCUT2D eigenvalue weighted by Crippen LogP contribution is -2.46. The number of hydrogen-bond acceptors (Lipinski definition) is 8. The fourth-order valence-electron chi connectivity index (χ4n) is 3.83. The summed E-state index contributed by atoms with van der Waals surface area (Å²) in [5.41, 5.74) is -5.84. The van der Waals surface area contributed by atoms with Crippen molar-refractivity contribution in [3.63, 3.8) is 0 Å². The lowest BCUT2D eigenvalue weighted by Gasteiger charge is -2.28. The normalized spacial score (nSPS) is 41.0. The largest absolute Gasteiger partial charge is 0.512 e. The summed E-state index contributed by atoms with van der Waals surface area (Å²) in [6.45, 7) is 1.54. The number of alkyl halides is 3. The first kappa shape index (κ1) is 18.3. The lowest BCUT2D eigenvalue weighted by molar-refractivity contribution is -0.0443. The van der Waals surface area contributed by atoms with Crippen LogP contribution in [-0.2, 0) is 38.8 Å². The Hall–Kier alpha value is -0.480. The van der Waals surface area contributed by atoms with Crippen LogP contribution in [0.2, 0.25) is 0 Å². The summed E-state index contributed by atoms with van der Waals surface area (Å²) in [6, 6.07) is 0. The van der Waals surface area contributed by atoms with E-state index in [4.69, 9.17) is 4.18 Å². The summed E-state index contributed by atoms with van der Waals surface area (Å²) in [5, 5.41) is -0.818. The van der Waals surface area contributed by atoms with Crippen LogP contribution in [0.15, 0.2) is 0 Å². The minimum atomic E-state index is -6.18. The first-order chi connectivity index (χ1) is 10.7. The van der Waals surface area contributed by atoms with Gasteiger partial charge in [-0.1, -0.05) is 11.1 Å². The van der Waals surface area contributed by atoms with Crippen molar-refractivity contribution in [1.82, 2.24) is 4.13 Å². The molecule has 2 saturated carbocycles. The second kappa shape index (κ2) is 5.03. The Balaban J connectivity index is 1.83. The highest BCUT2D eigenvalue weighted by atomic mass is 32.3. The number of nitrogens with one attached hydrogen (secondary N) is 1. The maximum atomic E-state index is 12.3. The maximum Gasteiger partial charge on any atom is 0.512 e. The van der Waals surface area contributed by atoms with Crippen molar-refractivity contribution >= 4 is 30.4 Å². The fourth-order valence-corrected chi connectivity index (χ4v) is 8.10. The van der Waals surface area contributed by atoms with E-state index >= 15 is 0 Å². The standard InChI is InChI=1S/C9H12F3NO8S3/c1-3-4-2-5-7(20-22(14,15)8(3)5)6(4)21-24(18,19)13-23(16,17)9(10,11)12/h3-8,13H,2H2,1H3. The van der Waals surface area contributed by atoms with Crippen LogP contribution in [0.4, 0.5) is 13.2 Å². The Morgan fingerprint density at radius 2 is 1.75 bits per heavy atom. The predicted molar refractivity (Wildman–Crippen MR) is 70.2 cm³/mol. The molecule has 1 aliphatic heterocycles. The zero-order valence-corrected chi connectivity index (χ0v) is 14.2. The highest BCUT2D eigenvalue weighted by molar-refractivity contribution is 8.03. The van der Waals surface area contributed by atoms with Gasteiger partial charge in [-0.15, -0.1) is 0 Å². The van der Waals surface area contributed by atoms with Gasteiger partial charge in [0.25, 0.3) is 10.1 Å². The molecule has 9 nitrogen and oxygen atoms in total. The molecule has 3 aliphatic rings. The van der Waals surface area contributed by atoms with E-state index in [-0.39, 0.29) is 6.42 Å². The van der Waals surface area contributed by atoms with Crippen LogP contribution < -0.4 is 4.13 Å². The van der Waals surface area contributed by atoms with Gasteiger partial charge in [0.1, 0.15) is 12.2 Å². The molecule has 0 aromatic carbocycles. The highest BCUT2D eigenvalue weighted by Gasteiger charge is 2.68. The summed E-state index contributed by atoms with van der Waals surface area (Å²) in [6.07, 6.45) is -2.27. The lowest BCUT2D eigenvalue weighted by atomic mass is 9.86. The van der Waals surface area contributed by atoms with E-state index in [9.17, 15) is 38.4 Å². The third-order valence-corrected chi connectivity index (χ3v) is 9.38. The third kappa shape index (κ3) is 2.65. The smallest absolute Gasteiger partial charge is 0.263 e. The predicted octanol–water partition coefficient (Wildman–Crippen LogP) is -0.561. The van der Waals surface area contributed by atoms with E-state index < -0.39 is 71.2 Å². The molecule has 2 aliphatic carbocycles. The Bertz CT molecular complexity index is 864. The van der Waals surface area contributed by atoms with Crippen LogP contribution in [0, 0.1) is 17.8 Å². The molecule has 0 spiro atoms. The average Bonchev–Trinajstić information content (AvgIpc) is 2.89. The van der Waals surface area contributed by atoms with Gasteiger partial charge in [-0.05, 0) is 18.3 Å². The Labute approximate surface area is 135 Å². The first-order valence-corrected chi connectivity index (χ1v) is 11.0. The van der Waals surface area contributed by atoms with Gasteiger partial charge in [-0.2, -0.15) is 30.0 Å². The van der Waals surface area contributed by atoms with Crippen LogP contribution in [0.25, 0.3) is 0 Å². The van der Waals surface area contributed by atoms with E-state index in [1.54, 1.807) is 6.92 Å². The molecule has 2 bridgehead atoms. The molecular formula is C9H12F3NO8S3. The van der Waals surface area contributed by atoms with Crippen molar-refractivity contribution in [2.75, 3.05) is 0 Å². The summed E-state index contributed by atoms with van der Waals surface area (Å²) < 4.78 is 115. The van der Waals surface area contributed by atoms with Crippen molar-refractivity contribution < 1.29 is 46.8 Å². The van der Waals surface area contributed by atoms with Gasteiger partial charge in [0.15, 0.2) is 0 Å². The van der Waals surface area contributed by atoms with Crippen molar-refractivity contribution in [2.24, 2.45) is 17.8 Å². The van der Waals surface area contributed by atoms with Gasteiger partial charge in [0.2, 0.25) is 0 Å². The van der Waals surface area contributed by atoms with E-state index in [1.807, 2.05) is 0 Å². The van der Waals surface area contributed by atoms with Crippen molar-refractivity contribution in [3.05, 3.63) is 0 Å². The molecule has 24 heavy (non-hydrogen) atoms. The zero-order valence-electron chi connectivity index (χ0n) is 11.8. The maximum absolute atomic E-state index is 12.3. The molecule has 0 radical (unpaired) electrons. The molecule has 1 heterocycles. The van der Waals surface area contributed by atoms with E-state index in [2.05, 4.69) is 4.18 Å². The van der Waals surface area contributed by atoms with Crippen molar-refractivity contribution in [3.8, 4) is 0 Å². The quantitative estimate of drug-likeness (QED) is 0.604. The van der Waals surface area contributed by atoms with Gasteiger partial charge in [-0.25, -0.2) is 8.42 Å². The third-order valence-electron chi connectivity index (χ3n) is 4.66. The highest BCUT2D eigenvalue weighted by Crippen LogP contribution is 2.58. The number of halogens is 3. The molecule has 0 amide bonds. The van der Waals surface area contributed by atoms with Gasteiger partial charge in [0.05, 0.1) is 5.25 Å². The number of hydrogen-bond donors (Lipinski definition) is 1. The topological polar surface area (TPSA) is 133 Å². The van der Waals surface area contributed by atoms with Crippen molar-refractivity contribution in [1.29, 1.82) is 0 Å². The van der Waals surface area contributed by atoms with Crippen LogP contribution >= 0.6 is 0 Å². The van der Waals surface area contributed by atoms with E-state index in [0.717, 1.165) is 0 Å². The second-order valence-corrected chi connectivity index (χ2v) is 10.9.